The number of nitriles is 1. The van der Waals surface area contributed by atoms with Crippen molar-refractivity contribution in [3.05, 3.63) is 96.1 Å². The average molecular weight is 539 g/mol. The Balaban J connectivity index is 1.31. The summed E-state index contributed by atoms with van der Waals surface area (Å²) < 4.78 is 22.7. The minimum atomic E-state index is -3.89. The number of nitrogens with two attached hydrogens (primary N) is 1. The summed E-state index contributed by atoms with van der Waals surface area (Å²) in [6.45, 7) is 0. The van der Waals surface area contributed by atoms with Crippen LogP contribution in [0, 0.1) is 11.3 Å². The Morgan fingerprint density at radius 1 is 0.846 bits per heavy atom. The fourth-order valence-electron chi connectivity index (χ4n) is 4.12. The number of hydrogen-bond acceptors (Lipinski definition) is 8. The van der Waals surface area contributed by atoms with Gasteiger partial charge < -0.3 is 5.32 Å². The summed E-state index contributed by atoms with van der Waals surface area (Å²) in [6, 6.07) is 23.5. The molecule has 0 fully saturated rings. The third-order valence-corrected chi connectivity index (χ3v) is 6.88. The maximum atomic E-state index is 13.2. The van der Waals surface area contributed by atoms with E-state index in [2.05, 4.69) is 15.8 Å². The van der Waals surface area contributed by atoms with Crippen LogP contribution in [0.4, 0.5) is 17.1 Å². The normalized spacial score (nSPS) is 13.2. The van der Waals surface area contributed by atoms with Gasteiger partial charge in [-0.2, -0.15) is 10.4 Å². The van der Waals surface area contributed by atoms with E-state index in [4.69, 9.17) is 5.14 Å². The summed E-state index contributed by atoms with van der Waals surface area (Å²) in [5, 5.41) is 22.1. The predicted octanol–water partition coefficient (Wildman–Crippen LogP) is 3.22. The zero-order chi connectivity index (χ0) is 27.7. The van der Waals surface area contributed by atoms with Crippen molar-refractivity contribution in [2.24, 2.45) is 10.2 Å². The first kappa shape index (κ1) is 25.3. The number of rotatable bonds is 6. The number of imide groups is 1. The van der Waals surface area contributed by atoms with E-state index in [0.29, 0.717) is 27.9 Å². The second kappa shape index (κ2) is 9.82. The third-order valence-electron chi connectivity index (χ3n) is 5.96. The molecule has 192 valence electrons. The molecule has 0 bridgehead atoms. The Hall–Kier alpha value is -5.38. The van der Waals surface area contributed by atoms with E-state index < -0.39 is 33.5 Å². The van der Waals surface area contributed by atoms with Gasteiger partial charge in [-0.05, 0) is 66.0 Å². The summed E-state index contributed by atoms with van der Waals surface area (Å²) in [4.78, 5) is 39.8. The van der Waals surface area contributed by atoms with Gasteiger partial charge in [0.05, 0.1) is 16.3 Å². The minimum Gasteiger partial charge on any atom is -0.320 e. The first-order chi connectivity index (χ1) is 18.7. The number of carbonyl (C=O) groups excluding carboxylic acids is 3. The molecule has 4 aromatic rings. The molecular weight excluding hydrogens is 520 g/mol. The van der Waals surface area contributed by atoms with E-state index >= 15 is 0 Å². The van der Waals surface area contributed by atoms with Crippen LogP contribution in [0.1, 0.15) is 20.7 Å². The minimum absolute atomic E-state index is 0.131. The first-order valence-electron chi connectivity index (χ1n) is 11.4. The summed E-state index contributed by atoms with van der Waals surface area (Å²) >= 11 is 0. The molecule has 0 unspecified atom stereocenters. The van der Waals surface area contributed by atoms with Crippen molar-refractivity contribution >= 4 is 61.3 Å². The number of hydrazone groups is 1. The van der Waals surface area contributed by atoms with Crippen LogP contribution >= 0.6 is 0 Å². The molecule has 39 heavy (non-hydrogen) atoms. The number of carbonyl (C=O) groups is 3. The van der Waals surface area contributed by atoms with Gasteiger partial charge >= 0.3 is 0 Å². The highest BCUT2D eigenvalue weighted by Gasteiger charge is 2.33. The molecule has 12 heteroatoms. The molecule has 11 nitrogen and oxygen atoms in total. The lowest BCUT2D eigenvalue weighted by atomic mass is 9.94. The highest BCUT2D eigenvalue weighted by atomic mass is 32.2. The van der Waals surface area contributed by atoms with Crippen LogP contribution in [0.15, 0.2) is 94.9 Å². The molecule has 0 radical (unpaired) electrons. The molecule has 0 saturated carbocycles. The van der Waals surface area contributed by atoms with E-state index in [1.54, 1.807) is 54.6 Å². The van der Waals surface area contributed by atoms with E-state index in [-0.39, 0.29) is 10.6 Å². The first-order valence-corrected chi connectivity index (χ1v) is 12.9. The van der Waals surface area contributed by atoms with E-state index in [9.17, 15) is 28.1 Å². The predicted molar refractivity (Wildman–Crippen MR) is 145 cm³/mol. The molecule has 1 heterocycles. The SMILES string of the molecule is N#CC(=NNc1ccc(N2C(=O)c3cccc4cccc(c34)C2=O)cc1)C(=O)Nc1ccc(S(N)(=O)=O)cc1. The van der Waals surface area contributed by atoms with Gasteiger partial charge in [0, 0.05) is 22.2 Å². The molecule has 1 aliphatic rings. The Morgan fingerprint density at radius 3 is 1.95 bits per heavy atom. The maximum Gasteiger partial charge on any atom is 0.287 e. The standard InChI is InChI=1S/C27H18N6O5S/c28-15-23(25(34)30-17-9-13-20(14-10-17)39(29,37)38)32-31-18-7-11-19(12-8-18)33-26(35)21-5-1-3-16-4-2-6-22(24(16)21)27(33)36/h1-14,31H,(H,30,34)(H2,29,37,38). The number of nitrogens with one attached hydrogen (secondary N) is 2. The molecule has 0 aliphatic carbocycles. The van der Waals surface area contributed by atoms with Crippen LogP contribution in [0.5, 0.6) is 0 Å². The van der Waals surface area contributed by atoms with Crippen LogP contribution in [0.25, 0.3) is 10.8 Å². The quantitative estimate of drug-likeness (QED) is 0.192. The summed E-state index contributed by atoms with van der Waals surface area (Å²) in [7, 11) is -3.89. The number of amides is 3. The number of primary sulfonamides is 1. The summed E-state index contributed by atoms with van der Waals surface area (Å²) in [5.74, 6) is -1.71. The number of hydrogen-bond donors (Lipinski definition) is 3. The van der Waals surface area contributed by atoms with E-state index in [1.165, 1.54) is 24.3 Å². The molecule has 4 N–H and O–H groups in total. The van der Waals surface area contributed by atoms with Crippen LogP contribution < -0.4 is 20.8 Å². The smallest absolute Gasteiger partial charge is 0.287 e. The largest absolute Gasteiger partial charge is 0.320 e. The monoisotopic (exact) mass is 538 g/mol. The lowest BCUT2D eigenvalue weighted by molar-refractivity contribution is -0.110. The average Bonchev–Trinajstić information content (AvgIpc) is 2.92. The molecule has 5 rings (SSSR count). The van der Waals surface area contributed by atoms with Gasteiger partial charge in [0.2, 0.25) is 15.7 Å². The van der Waals surface area contributed by atoms with Gasteiger partial charge in [-0.15, -0.1) is 0 Å². The lowest BCUT2D eigenvalue weighted by Gasteiger charge is -2.27. The fourth-order valence-corrected chi connectivity index (χ4v) is 4.63. The van der Waals surface area contributed by atoms with Crippen molar-refractivity contribution in [3.63, 3.8) is 0 Å². The highest BCUT2D eigenvalue weighted by Crippen LogP contribution is 2.33. The van der Waals surface area contributed by atoms with Crippen molar-refractivity contribution in [2.75, 3.05) is 15.6 Å². The molecule has 1 aliphatic heterocycles. The fraction of sp³-hybridized carbons (Fsp3) is 0. The van der Waals surface area contributed by atoms with Crippen molar-refractivity contribution in [1.82, 2.24) is 0 Å². The van der Waals surface area contributed by atoms with E-state index in [1.807, 2.05) is 12.1 Å². The number of nitrogens with zero attached hydrogens (tertiary/aromatic N) is 3. The number of anilines is 3. The van der Waals surface area contributed by atoms with Crippen molar-refractivity contribution in [2.45, 2.75) is 4.90 Å². The van der Waals surface area contributed by atoms with Crippen LogP contribution in [-0.2, 0) is 14.8 Å². The number of benzene rings is 4. The molecule has 3 amide bonds. The maximum absolute atomic E-state index is 13.2. The van der Waals surface area contributed by atoms with Gasteiger partial charge in [0.15, 0.2) is 0 Å². The Bertz CT molecular complexity index is 1790. The van der Waals surface area contributed by atoms with Crippen LogP contribution in [0.2, 0.25) is 0 Å². The topological polar surface area (TPSA) is 175 Å². The Kier molecular flexibility index (Phi) is 6.37. The highest BCUT2D eigenvalue weighted by molar-refractivity contribution is 7.89. The molecule has 0 spiro atoms. The lowest BCUT2D eigenvalue weighted by Crippen LogP contribution is -2.40. The van der Waals surface area contributed by atoms with Crippen molar-refractivity contribution in [1.29, 1.82) is 5.26 Å². The number of sulfonamides is 1. The molecular formula is C27H18N6O5S. The molecule has 0 saturated heterocycles. The van der Waals surface area contributed by atoms with Crippen LogP contribution in [-0.4, -0.2) is 31.9 Å². The van der Waals surface area contributed by atoms with Crippen LogP contribution in [0.3, 0.4) is 0 Å². The van der Waals surface area contributed by atoms with Gasteiger partial charge in [-0.25, -0.2) is 18.5 Å². The van der Waals surface area contributed by atoms with Gasteiger partial charge in [-0.3, -0.25) is 19.8 Å². The molecule has 4 aromatic carbocycles. The second-order valence-corrected chi connectivity index (χ2v) is 9.97. The van der Waals surface area contributed by atoms with E-state index in [0.717, 1.165) is 10.3 Å². The Labute approximate surface area is 222 Å². The second-order valence-electron chi connectivity index (χ2n) is 8.41. The zero-order valence-electron chi connectivity index (χ0n) is 20.0. The van der Waals surface area contributed by atoms with Crippen molar-refractivity contribution in [3.8, 4) is 6.07 Å². The molecule has 0 aromatic heterocycles. The van der Waals surface area contributed by atoms with Gasteiger partial charge in [-0.1, -0.05) is 24.3 Å². The van der Waals surface area contributed by atoms with Gasteiger partial charge in [0.1, 0.15) is 6.07 Å². The molecule has 0 atom stereocenters. The summed E-state index contributed by atoms with van der Waals surface area (Å²) in [5.41, 5.74) is 3.91. The van der Waals surface area contributed by atoms with Gasteiger partial charge in [0.25, 0.3) is 17.7 Å². The zero-order valence-corrected chi connectivity index (χ0v) is 20.8. The summed E-state index contributed by atoms with van der Waals surface area (Å²) in [6.07, 6.45) is 0. The van der Waals surface area contributed by atoms with Crippen molar-refractivity contribution < 1.29 is 22.8 Å². The Morgan fingerprint density at radius 2 is 1.41 bits per heavy atom. The third kappa shape index (κ3) is 4.82.